The first-order valence-electron chi connectivity index (χ1n) is 8.46. The van der Waals surface area contributed by atoms with Crippen molar-refractivity contribution >= 4 is 34.9 Å². The molecule has 0 unspecified atom stereocenters. The third kappa shape index (κ3) is 4.62. The van der Waals surface area contributed by atoms with Gasteiger partial charge in [0.2, 0.25) is 0 Å². The lowest BCUT2D eigenvalue weighted by Gasteiger charge is -2.12. The van der Waals surface area contributed by atoms with Gasteiger partial charge >= 0.3 is 0 Å². The van der Waals surface area contributed by atoms with Crippen LogP contribution in [0.5, 0.6) is 11.5 Å². The molecule has 3 rings (SSSR count). The number of carbonyl (C=O) groups is 1. The van der Waals surface area contributed by atoms with E-state index >= 15 is 0 Å². The summed E-state index contributed by atoms with van der Waals surface area (Å²) in [6.07, 6.45) is 1.49. The summed E-state index contributed by atoms with van der Waals surface area (Å²) in [5.41, 5.74) is 1.90. The Bertz CT molecular complexity index is 946. The average Bonchev–Trinajstić information content (AvgIpc) is 3.06. The van der Waals surface area contributed by atoms with E-state index in [2.05, 4.69) is 4.98 Å². The standard InChI is InChI=1S/C20H19NO5S/c1-3-24-16-10-9-13(11-17(16)25-4-2)12-18(19(22)23)27-20-21-14-7-5-6-8-15(14)26-20/h5-12H,3-4H2,1-2H3,(H,22,23)/p-1/b18-12+. The average molecular weight is 384 g/mol. The summed E-state index contributed by atoms with van der Waals surface area (Å²) in [6, 6.07) is 12.5. The van der Waals surface area contributed by atoms with Gasteiger partial charge in [-0.05, 0) is 61.5 Å². The normalized spacial score (nSPS) is 11.6. The number of nitrogens with zero attached hydrogens (tertiary/aromatic N) is 1. The zero-order chi connectivity index (χ0) is 19.2. The third-order valence-electron chi connectivity index (χ3n) is 3.54. The first kappa shape index (κ1) is 18.8. The molecule has 0 N–H and O–H groups in total. The number of carboxylic acids is 1. The van der Waals surface area contributed by atoms with E-state index in [0.717, 1.165) is 11.8 Å². The number of carbonyl (C=O) groups excluding carboxylic acids is 1. The van der Waals surface area contributed by atoms with Crippen LogP contribution in [0.4, 0.5) is 0 Å². The van der Waals surface area contributed by atoms with Crippen molar-refractivity contribution < 1.29 is 23.8 Å². The molecular weight excluding hydrogens is 366 g/mol. The summed E-state index contributed by atoms with van der Waals surface area (Å²) in [4.78, 5) is 15.8. The maximum atomic E-state index is 11.6. The number of fused-ring (bicyclic) bond motifs is 1. The lowest BCUT2D eigenvalue weighted by Crippen LogP contribution is -2.23. The summed E-state index contributed by atoms with van der Waals surface area (Å²) in [7, 11) is 0. The number of carboxylic acid groups (broad SMARTS) is 1. The lowest BCUT2D eigenvalue weighted by molar-refractivity contribution is -0.298. The second-order valence-corrected chi connectivity index (χ2v) is 6.41. The number of ether oxygens (including phenoxy) is 2. The lowest BCUT2D eigenvalue weighted by atomic mass is 10.2. The van der Waals surface area contributed by atoms with E-state index in [1.807, 2.05) is 26.0 Å². The van der Waals surface area contributed by atoms with Crippen LogP contribution in [0, 0.1) is 0 Å². The second kappa shape index (κ2) is 8.64. The minimum absolute atomic E-state index is 0.0202. The molecule has 0 aliphatic carbocycles. The fourth-order valence-electron chi connectivity index (χ4n) is 2.43. The number of hydrogen-bond donors (Lipinski definition) is 0. The molecule has 1 heterocycles. The molecule has 0 fully saturated rings. The third-order valence-corrected chi connectivity index (χ3v) is 4.39. The van der Waals surface area contributed by atoms with E-state index in [4.69, 9.17) is 13.9 Å². The van der Waals surface area contributed by atoms with Crippen molar-refractivity contribution in [3.63, 3.8) is 0 Å². The second-order valence-electron chi connectivity index (χ2n) is 5.42. The van der Waals surface area contributed by atoms with Gasteiger partial charge < -0.3 is 23.8 Å². The van der Waals surface area contributed by atoms with Crippen molar-refractivity contribution in [2.45, 2.75) is 19.1 Å². The van der Waals surface area contributed by atoms with Crippen LogP contribution < -0.4 is 14.6 Å². The molecule has 0 atom stereocenters. The highest BCUT2D eigenvalue weighted by Gasteiger charge is 2.11. The molecule has 0 spiro atoms. The highest BCUT2D eigenvalue weighted by molar-refractivity contribution is 8.03. The Morgan fingerprint density at radius 3 is 2.59 bits per heavy atom. The number of aromatic nitrogens is 1. The number of hydrogen-bond acceptors (Lipinski definition) is 7. The van der Waals surface area contributed by atoms with Gasteiger partial charge in [0.15, 0.2) is 17.1 Å². The van der Waals surface area contributed by atoms with Crippen LogP contribution in [0.15, 0.2) is 57.0 Å². The number of benzene rings is 2. The highest BCUT2D eigenvalue weighted by atomic mass is 32.2. The van der Waals surface area contributed by atoms with Crippen LogP contribution in [0.1, 0.15) is 19.4 Å². The Labute approximate surface area is 160 Å². The number of thioether (sulfide) groups is 1. The molecule has 3 aromatic rings. The van der Waals surface area contributed by atoms with E-state index in [1.165, 1.54) is 6.08 Å². The largest absolute Gasteiger partial charge is 0.544 e. The smallest absolute Gasteiger partial charge is 0.261 e. The molecule has 0 radical (unpaired) electrons. The van der Waals surface area contributed by atoms with Crippen LogP contribution in [0.2, 0.25) is 0 Å². The van der Waals surface area contributed by atoms with Gasteiger partial charge in [0.25, 0.3) is 5.22 Å². The number of oxazole rings is 1. The summed E-state index contributed by atoms with van der Waals surface area (Å²) >= 11 is 0.900. The Kier molecular flexibility index (Phi) is 6.03. The summed E-state index contributed by atoms with van der Waals surface area (Å²) in [5.74, 6) is -0.148. The molecular formula is C20H18NO5S-. The van der Waals surface area contributed by atoms with Gasteiger partial charge in [-0.1, -0.05) is 18.2 Å². The van der Waals surface area contributed by atoms with E-state index in [1.54, 1.807) is 30.3 Å². The van der Waals surface area contributed by atoms with Crippen LogP contribution in [0.25, 0.3) is 17.2 Å². The molecule has 1 aromatic heterocycles. The van der Waals surface area contributed by atoms with Crippen LogP contribution >= 0.6 is 11.8 Å². The Balaban J connectivity index is 1.90. The first-order chi connectivity index (χ1) is 13.1. The Hall–Kier alpha value is -2.93. The molecule has 2 aromatic carbocycles. The molecule has 0 amide bonds. The van der Waals surface area contributed by atoms with Crippen molar-refractivity contribution in [3.8, 4) is 11.5 Å². The van der Waals surface area contributed by atoms with E-state index in [-0.39, 0.29) is 10.1 Å². The van der Waals surface area contributed by atoms with Gasteiger partial charge in [-0.15, -0.1) is 0 Å². The summed E-state index contributed by atoms with van der Waals surface area (Å²) < 4.78 is 16.7. The molecule has 27 heavy (non-hydrogen) atoms. The van der Waals surface area contributed by atoms with Gasteiger partial charge in [0.05, 0.1) is 19.2 Å². The number of rotatable bonds is 8. The van der Waals surface area contributed by atoms with Crippen molar-refractivity contribution in [1.82, 2.24) is 4.98 Å². The molecule has 0 bridgehead atoms. The Morgan fingerprint density at radius 2 is 1.89 bits per heavy atom. The van der Waals surface area contributed by atoms with Crippen molar-refractivity contribution in [1.29, 1.82) is 0 Å². The highest BCUT2D eigenvalue weighted by Crippen LogP contribution is 2.33. The van der Waals surface area contributed by atoms with E-state index in [9.17, 15) is 9.90 Å². The van der Waals surface area contributed by atoms with Gasteiger partial charge in [0, 0.05) is 4.91 Å². The van der Waals surface area contributed by atoms with Crippen LogP contribution in [-0.4, -0.2) is 24.2 Å². The quantitative estimate of drug-likeness (QED) is 0.434. The minimum Gasteiger partial charge on any atom is -0.544 e. The fraction of sp³-hybridized carbons (Fsp3) is 0.200. The van der Waals surface area contributed by atoms with Gasteiger partial charge in [0.1, 0.15) is 5.52 Å². The molecule has 0 aliphatic heterocycles. The zero-order valence-electron chi connectivity index (χ0n) is 14.9. The maximum absolute atomic E-state index is 11.6. The Morgan fingerprint density at radius 1 is 1.15 bits per heavy atom. The monoisotopic (exact) mass is 384 g/mol. The van der Waals surface area contributed by atoms with Gasteiger partial charge in [-0.3, -0.25) is 0 Å². The zero-order valence-corrected chi connectivity index (χ0v) is 15.7. The number of aliphatic carboxylic acids is 1. The molecule has 0 aliphatic rings. The number of para-hydroxylation sites is 2. The topological polar surface area (TPSA) is 84.6 Å². The molecule has 0 saturated heterocycles. The van der Waals surface area contributed by atoms with Crippen molar-refractivity contribution in [2.75, 3.05) is 13.2 Å². The van der Waals surface area contributed by atoms with Crippen LogP contribution in [0.3, 0.4) is 0 Å². The molecule has 6 nitrogen and oxygen atoms in total. The van der Waals surface area contributed by atoms with Crippen molar-refractivity contribution in [3.05, 3.63) is 52.9 Å². The molecule has 140 valence electrons. The van der Waals surface area contributed by atoms with E-state index < -0.39 is 5.97 Å². The fourth-order valence-corrected chi connectivity index (χ4v) is 3.17. The van der Waals surface area contributed by atoms with Crippen molar-refractivity contribution in [2.24, 2.45) is 0 Å². The predicted molar refractivity (Wildman–Crippen MR) is 102 cm³/mol. The molecule has 7 heteroatoms. The summed E-state index contributed by atoms with van der Waals surface area (Å²) in [5, 5.41) is 11.8. The first-order valence-corrected chi connectivity index (χ1v) is 9.28. The summed E-state index contributed by atoms with van der Waals surface area (Å²) in [6.45, 7) is 4.73. The van der Waals surface area contributed by atoms with E-state index in [0.29, 0.717) is 41.4 Å². The minimum atomic E-state index is -1.31. The van der Waals surface area contributed by atoms with Gasteiger partial charge in [-0.25, -0.2) is 4.98 Å². The van der Waals surface area contributed by atoms with Gasteiger partial charge in [-0.2, -0.15) is 0 Å². The SMILES string of the molecule is CCOc1ccc(/C=C(/Sc2nc3ccccc3o2)C(=O)[O-])cc1OCC. The maximum Gasteiger partial charge on any atom is 0.261 e. The molecule has 0 saturated carbocycles. The van der Waals surface area contributed by atoms with Crippen LogP contribution in [-0.2, 0) is 4.79 Å². The predicted octanol–water partition coefficient (Wildman–Crippen LogP) is 3.51.